The molecule has 0 aliphatic heterocycles. The number of amidine groups is 1. The van der Waals surface area contributed by atoms with E-state index in [0.717, 1.165) is 24.8 Å². The van der Waals surface area contributed by atoms with Gasteiger partial charge >= 0.3 is 5.97 Å². The average Bonchev–Trinajstić information content (AvgIpc) is 2.43. The van der Waals surface area contributed by atoms with Crippen molar-refractivity contribution in [2.45, 2.75) is 25.7 Å². The lowest BCUT2D eigenvalue weighted by atomic mass is 10.2. The quantitative estimate of drug-likeness (QED) is 0.191. The molecule has 0 unspecified atom stereocenters. The Bertz CT molecular complexity index is 476. The Labute approximate surface area is 152 Å². The molecular weight excluding hydrogens is 414 g/mol. The summed E-state index contributed by atoms with van der Waals surface area (Å²) in [5, 5.41) is 7.09. The Morgan fingerprint density at radius 2 is 1.77 bits per heavy atom. The number of ether oxygens (including phenoxy) is 1. The number of benzene rings is 1. The number of hydrogen-bond acceptors (Lipinski definition) is 4. The predicted octanol–water partition coefficient (Wildman–Crippen LogP) is 3.22. The van der Waals surface area contributed by atoms with Gasteiger partial charge in [0.1, 0.15) is 11.6 Å². The van der Waals surface area contributed by atoms with E-state index in [1.54, 1.807) is 30.3 Å². The molecule has 1 rings (SSSR count). The van der Waals surface area contributed by atoms with Gasteiger partial charge in [-0.15, -0.1) is 34.0 Å². The molecule has 0 aliphatic carbocycles. The summed E-state index contributed by atoms with van der Waals surface area (Å²) >= 11 is 0. The van der Waals surface area contributed by atoms with Crippen molar-refractivity contribution >= 4 is 51.8 Å². The molecule has 0 fully saturated rings. The monoisotopic (exact) mass is 435 g/mol. The van der Waals surface area contributed by atoms with Gasteiger partial charge in [0.15, 0.2) is 0 Å². The van der Waals surface area contributed by atoms with Crippen molar-refractivity contribution in [3.63, 3.8) is 0 Å². The van der Waals surface area contributed by atoms with Crippen molar-refractivity contribution in [3.05, 3.63) is 35.9 Å². The van der Waals surface area contributed by atoms with Crippen LogP contribution in [0.1, 0.15) is 31.2 Å². The van der Waals surface area contributed by atoms with Crippen molar-refractivity contribution < 1.29 is 9.53 Å². The minimum atomic E-state index is -0.228. The SMILES string of the molecule is Br.Br.N=C(N)C=Cc1ccc(OC(=O)CCCCCN)cc1. The van der Waals surface area contributed by atoms with E-state index in [1.165, 1.54) is 6.08 Å². The van der Waals surface area contributed by atoms with Crippen molar-refractivity contribution in [2.75, 3.05) is 6.54 Å². The first-order chi connectivity index (χ1) is 9.61. The van der Waals surface area contributed by atoms with Crippen LogP contribution in [-0.4, -0.2) is 18.3 Å². The maximum Gasteiger partial charge on any atom is 0.311 e. The highest BCUT2D eigenvalue weighted by Gasteiger charge is 2.04. The smallest absolute Gasteiger partial charge is 0.311 e. The molecule has 0 spiro atoms. The molecule has 5 N–H and O–H groups in total. The largest absolute Gasteiger partial charge is 0.427 e. The Morgan fingerprint density at radius 3 is 2.32 bits per heavy atom. The highest BCUT2D eigenvalue weighted by atomic mass is 79.9. The van der Waals surface area contributed by atoms with E-state index in [-0.39, 0.29) is 45.8 Å². The summed E-state index contributed by atoms with van der Waals surface area (Å²) in [5.41, 5.74) is 11.5. The van der Waals surface area contributed by atoms with Crippen molar-refractivity contribution in [1.29, 1.82) is 5.41 Å². The van der Waals surface area contributed by atoms with E-state index in [4.69, 9.17) is 21.6 Å². The second-order valence-electron chi connectivity index (χ2n) is 4.43. The number of unbranched alkanes of at least 4 members (excludes halogenated alkanes) is 2. The predicted molar refractivity (Wildman–Crippen MR) is 101 cm³/mol. The molecule has 5 nitrogen and oxygen atoms in total. The fraction of sp³-hybridized carbons (Fsp3) is 0.333. The molecule has 124 valence electrons. The van der Waals surface area contributed by atoms with Crippen molar-refractivity contribution in [3.8, 4) is 5.75 Å². The molecule has 0 radical (unpaired) electrons. The van der Waals surface area contributed by atoms with Crippen LogP contribution in [0.15, 0.2) is 30.3 Å². The molecule has 0 amide bonds. The Hall–Kier alpha value is -1.18. The number of carbonyl (C=O) groups excluding carboxylic acids is 1. The van der Waals surface area contributed by atoms with Crippen LogP contribution in [0.4, 0.5) is 0 Å². The summed E-state index contributed by atoms with van der Waals surface area (Å²) in [7, 11) is 0. The standard InChI is InChI=1S/C15H21N3O2.2BrH/c16-11-3-1-2-4-15(19)20-13-8-5-12(6-9-13)7-10-14(17)18;;/h5-10H,1-4,11,16H2,(H3,17,18);2*1H. The van der Waals surface area contributed by atoms with Crippen LogP contribution in [0.25, 0.3) is 6.08 Å². The fourth-order valence-electron chi connectivity index (χ4n) is 1.61. The summed E-state index contributed by atoms with van der Waals surface area (Å²) in [6.45, 7) is 0.657. The Morgan fingerprint density at radius 1 is 1.14 bits per heavy atom. The van der Waals surface area contributed by atoms with Gasteiger partial charge in [0.2, 0.25) is 0 Å². The minimum Gasteiger partial charge on any atom is -0.427 e. The molecule has 0 aromatic heterocycles. The van der Waals surface area contributed by atoms with E-state index in [2.05, 4.69) is 0 Å². The summed E-state index contributed by atoms with van der Waals surface area (Å²) in [6.07, 6.45) is 6.31. The fourth-order valence-corrected chi connectivity index (χ4v) is 1.61. The van der Waals surface area contributed by atoms with Gasteiger partial charge < -0.3 is 16.2 Å². The molecule has 1 aromatic carbocycles. The third kappa shape index (κ3) is 10.5. The van der Waals surface area contributed by atoms with E-state index in [9.17, 15) is 4.79 Å². The van der Waals surface area contributed by atoms with Gasteiger partial charge in [-0.2, -0.15) is 0 Å². The zero-order valence-corrected chi connectivity index (χ0v) is 15.7. The van der Waals surface area contributed by atoms with Crippen LogP contribution >= 0.6 is 34.0 Å². The summed E-state index contributed by atoms with van der Waals surface area (Å²) in [6, 6.07) is 7.04. The van der Waals surface area contributed by atoms with Crippen LogP contribution in [-0.2, 0) is 4.79 Å². The van der Waals surface area contributed by atoms with Gasteiger partial charge in [0.25, 0.3) is 0 Å². The molecule has 1 aromatic rings. The molecule has 7 heteroatoms. The maximum atomic E-state index is 11.6. The highest BCUT2D eigenvalue weighted by molar-refractivity contribution is 8.93. The Kier molecular flexibility index (Phi) is 14.1. The number of halogens is 2. The molecule has 0 bridgehead atoms. The summed E-state index contributed by atoms with van der Waals surface area (Å²) in [4.78, 5) is 11.6. The molecule has 22 heavy (non-hydrogen) atoms. The van der Waals surface area contributed by atoms with Crippen molar-refractivity contribution in [1.82, 2.24) is 0 Å². The molecule has 0 heterocycles. The molecular formula is C15H23Br2N3O2. The molecule has 0 saturated carbocycles. The third-order valence-corrected chi connectivity index (χ3v) is 2.65. The minimum absolute atomic E-state index is 0. The van der Waals surface area contributed by atoms with Gasteiger partial charge in [0, 0.05) is 6.42 Å². The van der Waals surface area contributed by atoms with Crippen LogP contribution in [0, 0.1) is 5.41 Å². The summed E-state index contributed by atoms with van der Waals surface area (Å²) in [5.74, 6) is 0.292. The average molecular weight is 437 g/mol. The number of nitrogens with one attached hydrogen (secondary N) is 1. The number of carbonyl (C=O) groups is 1. The van der Waals surface area contributed by atoms with Gasteiger partial charge in [0.05, 0.1) is 0 Å². The van der Waals surface area contributed by atoms with Gasteiger partial charge in [-0.25, -0.2) is 0 Å². The van der Waals surface area contributed by atoms with E-state index in [1.807, 2.05) is 0 Å². The topological polar surface area (TPSA) is 102 Å². The van der Waals surface area contributed by atoms with Crippen LogP contribution in [0.5, 0.6) is 5.75 Å². The van der Waals surface area contributed by atoms with Crippen LogP contribution < -0.4 is 16.2 Å². The Balaban J connectivity index is 0. The summed E-state index contributed by atoms with van der Waals surface area (Å²) < 4.78 is 5.21. The second kappa shape index (κ2) is 13.5. The maximum absolute atomic E-state index is 11.6. The first-order valence-electron chi connectivity index (χ1n) is 6.64. The third-order valence-electron chi connectivity index (χ3n) is 2.65. The van der Waals surface area contributed by atoms with Gasteiger partial charge in [-0.3, -0.25) is 10.2 Å². The second-order valence-corrected chi connectivity index (χ2v) is 4.43. The number of rotatable bonds is 8. The molecule has 0 atom stereocenters. The highest BCUT2D eigenvalue weighted by Crippen LogP contribution is 2.14. The van der Waals surface area contributed by atoms with Crippen LogP contribution in [0.3, 0.4) is 0 Å². The number of nitrogens with two attached hydrogens (primary N) is 2. The lowest BCUT2D eigenvalue weighted by Crippen LogP contribution is -2.08. The molecule has 0 aliphatic rings. The number of esters is 1. The van der Waals surface area contributed by atoms with Gasteiger partial charge in [-0.05, 0) is 43.2 Å². The van der Waals surface area contributed by atoms with Crippen molar-refractivity contribution in [2.24, 2.45) is 11.5 Å². The molecule has 0 saturated heterocycles. The van der Waals surface area contributed by atoms with E-state index < -0.39 is 0 Å². The normalized spacial score (nSPS) is 9.68. The number of hydrogen-bond donors (Lipinski definition) is 3. The van der Waals surface area contributed by atoms with E-state index >= 15 is 0 Å². The van der Waals surface area contributed by atoms with E-state index in [0.29, 0.717) is 18.7 Å². The lowest BCUT2D eigenvalue weighted by molar-refractivity contribution is -0.134. The zero-order valence-electron chi connectivity index (χ0n) is 12.3. The lowest BCUT2D eigenvalue weighted by Gasteiger charge is -2.04. The zero-order chi connectivity index (χ0) is 14.8. The van der Waals surface area contributed by atoms with Crippen LogP contribution in [0.2, 0.25) is 0 Å². The van der Waals surface area contributed by atoms with Gasteiger partial charge in [-0.1, -0.05) is 24.6 Å². The first kappa shape index (κ1) is 23.1. The first-order valence-corrected chi connectivity index (χ1v) is 6.64.